The lowest BCUT2D eigenvalue weighted by Gasteiger charge is -2.26. The third-order valence-electron chi connectivity index (χ3n) is 5.02. The lowest BCUT2D eigenvalue weighted by molar-refractivity contribution is 0.0926. The summed E-state index contributed by atoms with van der Waals surface area (Å²) in [5.74, 6) is -0.0396. The fourth-order valence-electron chi connectivity index (χ4n) is 3.69. The van der Waals surface area contributed by atoms with Crippen molar-refractivity contribution >= 4 is 5.91 Å². The quantitative estimate of drug-likeness (QED) is 0.887. The van der Waals surface area contributed by atoms with Gasteiger partial charge in [-0.25, -0.2) is 0 Å². The predicted octanol–water partition coefficient (Wildman–Crippen LogP) is 1.68. The van der Waals surface area contributed by atoms with Crippen molar-refractivity contribution in [3.63, 3.8) is 0 Å². The predicted molar refractivity (Wildman–Crippen MR) is 88.3 cm³/mol. The Morgan fingerprint density at radius 1 is 1.30 bits per heavy atom. The largest absolute Gasteiger partial charge is 0.348 e. The molecule has 0 fully saturated rings. The molecule has 2 N–H and O–H groups in total. The number of nitrogens with zero attached hydrogens (tertiary/aromatic N) is 2. The number of nitrogens with one attached hydrogen (secondary N) is 2. The van der Waals surface area contributed by atoms with E-state index in [-0.39, 0.29) is 11.9 Å². The number of amides is 1. The van der Waals surface area contributed by atoms with Gasteiger partial charge < -0.3 is 10.2 Å². The molecule has 0 radical (unpaired) electrons. The first-order valence-corrected chi connectivity index (χ1v) is 8.33. The highest BCUT2D eigenvalue weighted by Crippen LogP contribution is 2.23. The number of rotatable bonds is 2. The zero-order chi connectivity index (χ0) is 15.8. The number of benzene rings is 1. The molecular formula is C18H22N4O. The van der Waals surface area contributed by atoms with Gasteiger partial charge in [-0.05, 0) is 37.4 Å². The van der Waals surface area contributed by atoms with E-state index in [1.807, 2.05) is 0 Å². The highest BCUT2D eigenvalue weighted by molar-refractivity contribution is 5.94. The van der Waals surface area contributed by atoms with E-state index in [2.05, 4.69) is 51.7 Å². The molecule has 0 bridgehead atoms. The molecule has 1 aromatic heterocycles. The summed E-state index contributed by atoms with van der Waals surface area (Å²) in [6.07, 6.45) is 3.87. The van der Waals surface area contributed by atoms with Crippen molar-refractivity contribution in [1.82, 2.24) is 20.4 Å². The number of aromatic amines is 1. The summed E-state index contributed by atoms with van der Waals surface area (Å²) in [5, 5.41) is 10.5. The van der Waals surface area contributed by atoms with E-state index < -0.39 is 0 Å². The maximum Gasteiger partial charge on any atom is 0.272 e. The van der Waals surface area contributed by atoms with E-state index in [1.54, 1.807) is 0 Å². The van der Waals surface area contributed by atoms with Gasteiger partial charge in [0.25, 0.3) is 5.91 Å². The molecule has 1 atom stereocenters. The molecule has 0 unspecified atom stereocenters. The van der Waals surface area contributed by atoms with Crippen LogP contribution < -0.4 is 5.32 Å². The number of fused-ring (bicyclic) bond motifs is 2. The Morgan fingerprint density at radius 3 is 3.00 bits per heavy atom. The van der Waals surface area contributed by atoms with Gasteiger partial charge in [-0.3, -0.25) is 9.89 Å². The van der Waals surface area contributed by atoms with Crippen LogP contribution in [0.3, 0.4) is 0 Å². The van der Waals surface area contributed by atoms with Gasteiger partial charge in [-0.2, -0.15) is 5.10 Å². The fourth-order valence-corrected chi connectivity index (χ4v) is 3.69. The van der Waals surface area contributed by atoms with Gasteiger partial charge in [0.2, 0.25) is 0 Å². The summed E-state index contributed by atoms with van der Waals surface area (Å²) < 4.78 is 0. The topological polar surface area (TPSA) is 61.0 Å². The van der Waals surface area contributed by atoms with Crippen LogP contribution in [-0.4, -0.2) is 40.6 Å². The smallest absolute Gasteiger partial charge is 0.272 e. The van der Waals surface area contributed by atoms with E-state index in [0.717, 1.165) is 50.0 Å². The standard InChI is InChI=1S/C18H22N4O/c1-22-9-8-16-15(11-22)17(21-20-16)18(23)19-14-7-6-12-4-2-3-5-13(12)10-14/h2-5,14H,6-11H2,1H3,(H,19,23)(H,20,21)/t14-/m1/s1. The van der Waals surface area contributed by atoms with Crippen molar-refractivity contribution in [3.8, 4) is 0 Å². The summed E-state index contributed by atoms with van der Waals surface area (Å²) >= 11 is 0. The molecule has 0 saturated heterocycles. The van der Waals surface area contributed by atoms with Crippen LogP contribution >= 0.6 is 0 Å². The maximum atomic E-state index is 12.7. The first-order chi connectivity index (χ1) is 11.2. The molecule has 1 aliphatic carbocycles. The van der Waals surface area contributed by atoms with Gasteiger partial charge in [-0.15, -0.1) is 0 Å². The van der Waals surface area contributed by atoms with E-state index in [4.69, 9.17) is 0 Å². The van der Waals surface area contributed by atoms with E-state index in [0.29, 0.717) is 5.69 Å². The molecule has 120 valence electrons. The van der Waals surface area contributed by atoms with Crippen LogP contribution in [0.5, 0.6) is 0 Å². The summed E-state index contributed by atoms with van der Waals surface area (Å²) in [4.78, 5) is 14.9. The van der Waals surface area contributed by atoms with Crippen molar-refractivity contribution in [2.24, 2.45) is 0 Å². The number of aromatic nitrogens is 2. The Bertz CT molecular complexity index is 736. The molecule has 1 aliphatic heterocycles. The van der Waals surface area contributed by atoms with Crippen molar-refractivity contribution in [2.45, 2.75) is 38.3 Å². The molecule has 5 nitrogen and oxygen atoms in total. The molecule has 23 heavy (non-hydrogen) atoms. The van der Waals surface area contributed by atoms with Crippen LogP contribution in [0, 0.1) is 0 Å². The van der Waals surface area contributed by atoms with Crippen LogP contribution in [0.2, 0.25) is 0 Å². The van der Waals surface area contributed by atoms with Gasteiger partial charge in [0.05, 0.1) is 0 Å². The number of carbonyl (C=O) groups excluding carboxylic acids is 1. The Labute approximate surface area is 136 Å². The third-order valence-corrected chi connectivity index (χ3v) is 5.02. The van der Waals surface area contributed by atoms with E-state index in [9.17, 15) is 4.79 Å². The Kier molecular flexibility index (Phi) is 3.65. The first-order valence-electron chi connectivity index (χ1n) is 8.33. The van der Waals surface area contributed by atoms with Crippen LogP contribution in [-0.2, 0) is 25.8 Å². The second-order valence-electron chi connectivity index (χ2n) is 6.70. The van der Waals surface area contributed by atoms with Gasteiger partial charge in [0.1, 0.15) is 0 Å². The summed E-state index contributed by atoms with van der Waals surface area (Å²) in [6.45, 7) is 1.80. The molecule has 5 heteroatoms. The minimum Gasteiger partial charge on any atom is -0.348 e. The van der Waals surface area contributed by atoms with Gasteiger partial charge in [-0.1, -0.05) is 24.3 Å². The Morgan fingerprint density at radius 2 is 2.13 bits per heavy atom. The van der Waals surface area contributed by atoms with Crippen LogP contribution in [0.25, 0.3) is 0 Å². The number of carbonyl (C=O) groups is 1. The maximum absolute atomic E-state index is 12.7. The van der Waals surface area contributed by atoms with Crippen LogP contribution in [0.15, 0.2) is 24.3 Å². The number of H-pyrrole nitrogens is 1. The minimum atomic E-state index is -0.0396. The van der Waals surface area contributed by atoms with E-state index >= 15 is 0 Å². The summed E-state index contributed by atoms with van der Waals surface area (Å²) in [5.41, 5.74) is 5.52. The highest BCUT2D eigenvalue weighted by atomic mass is 16.2. The summed E-state index contributed by atoms with van der Waals surface area (Å²) in [6, 6.07) is 8.71. The molecule has 2 heterocycles. The average molecular weight is 310 g/mol. The molecule has 2 aliphatic rings. The normalized spacial score (nSPS) is 20.7. The lowest BCUT2D eigenvalue weighted by atomic mass is 9.88. The van der Waals surface area contributed by atoms with Crippen molar-refractivity contribution < 1.29 is 4.79 Å². The number of hydrogen-bond acceptors (Lipinski definition) is 3. The Balaban J connectivity index is 1.48. The minimum absolute atomic E-state index is 0.0396. The zero-order valence-corrected chi connectivity index (χ0v) is 13.4. The van der Waals surface area contributed by atoms with Gasteiger partial charge >= 0.3 is 0 Å². The van der Waals surface area contributed by atoms with Crippen molar-refractivity contribution in [2.75, 3.05) is 13.6 Å². The number of aryl methyl sites for hydroxylation is 1. The third kappa shape index (κ3) is 2.77. The van der Waals surface area contributed by atoms with Crippen molar-refractivity contribution in [3.05, 3.63) is 52.3 Å². The Hall–Kier alpha value is -2.14. The second kappa shape index (κ2) is 5.81. The molecule has 1 amide bonds. The average Bonchev–Trinajstić information content (AvgIpc) is 2.98. The van der Waals surface area contributed by atoms with Crippen molar-refractivity contribution in [1.29, 1.82) is 0 Å². The first kappa shape index (κ1) is 14.5. The number of likely N-dealkylation sites (N-methyl/N-ethyl adjacent to an activating group) is 1. The molecule has 1 aromatic carbocycles. The van der Waals surface area contributed by atoms with E-state index in [1.165, 1.54) is 11.1 Å². The summed E-state index contributed by atoms with van der Waals surface area (Å²) in [7, 11) is 2.08. The van der Waals surface area contributed by atoms with Crippen LogP contribution in [0.4, 0.5) is 0 Å². The molecule has 0 spiro atoms. The monoisotopic (exact) mass is 310 g/mol. The molecule has 0 saturated carbocycles. The number of hydrogen-bond donors (Lipinski definition) is 2. The van der Waals surface area contributed by atoms with Gasteiger partial charge in [0.15, 0.2) is 5.69 Å². The molecule has 2 aromatic rings. The molecular weight excluding hydrogens is 288 g/mol. The second-order valence-corrected chi connectivity index (χ2v) is 6.70. The fraction of sp³-hybridized carbons (Fsp3) is 0.444. The highest BCUT2D eigenvalue weighted by Gasteiger charge is 2.26. The molecule has 4 rings (SSSR count). The van der Waals surface area contributed by atoms with Gasteiger partial charge in [0, 0.05) is 36.8 Å². The lowest BCUT2D eigenvalue weighted by Crippen LogP contribution is -2.39. The SMILES string of the molecule is CN1CCc2[nH]nc(C(=O)N[C@@H]3CCc4ccccc4C3)c2C1. The van der Waals surface area contributed by atoms with Crippen LogP contribution in [0.1, 0.15) is 39.3 Å². The zero-order valence-electron chi connectivity index (χ0n) is 13.4.